The second-order valence-corrected chi connectivity index (χ2v) is 5.42. The predicted octanol–water partition coefficient (Wildman–Crippen LogP) is 3.52. The predicted molar refractivity (Wildman–Crippen MR) is 85.4 cm³/mol. The lowest BCUT2D eigenvalue weighted by atomic mass is 10.2. The van der Waals surface area contributed by atoms with E-state index in [9.17, 15) is 4.79 Å². The first kappa shape index (κ1) is 15.3. The van der Waals surface area contributed by atoms with E-state index in [0.29, 0.717) is 18.1 Å². The minimum absolute atomic E-state index is 0.190. The first-order valence-corrected chi connectivity index (χ1v) is 7.14. The lowest BCUT2D eigenvalue weighted by molar-refractivity contribution is 0.220. The molecular weight excluding hydrogens is 334 g/mol. The Morgan fingerprint density at radius 1 is 1.29 bits per heavy atom. The minimum atomic E-state index is -0.190. The fourth-order valence-electron chi connectivity index (χ4n) is 1.73. The zero-order valence-electron chi connectivity index (χ0n) is 11.8. The first-order chi connectivity index (χ1) is 10.1. The van der Waals surface area contributed by atoms with Gasteiger partial charge in [-0.25, -0.2) is 9.78 Å². The Kier molecular flexibility index (Phi) is 5.16. The summed E-state index contributed by atoms with van der Waals surface area (Å²) < 4.78 is 5.99. The quantitative estimate of drug-likeness (QED) is 0.918. The van der Waals surface area contributed by atoms with Crippen LogP contribution in [0.25, 0.3) is 0 Å². The van der Waals surface area contributed by atoms with Gasteiger partial charge in [-0.05, 0) is 23.8 Å². The van der Waals surface area contributed by atoms with Crippen LogP contribution in [0.15, 0.2) is 47.1 Å². The van der Waals surface area contributed by atoms with Gasteiger partial charge in [-0.15, -0.1) is 0 Å². The smallest absolute Gasteiger partial charge is 0.321 e. The van der Waals surface area contributed by atoms with Crippen LogP contribution in [-0.4, -0.2) is 30.1 Å². The third kappa shape index (κ3) is 4.46. The Morgan fingerprint density at radius 3 is 2.57 bits per heavy atom. The number of carbonyl (C=O) groups excluding carboxylic acids is 1. The molecule has 5 nitrogen and oxygen atoms in total. The van der Waals surface area contributed by atoms with Crippen molar-refractivity contribution in [3.63, 3.8) is 0 Å². The molecule has 1 heterocycles. The Bertz CT molecular complexity index is 599. The summed E-state index contributed by atoms with van der Waals surface area (Å²) in [6.07, 6.45) is 1.56. The van der Waals surface area contributed by atoms with Gasteiger partial charge in [-0.2, -0.15) is 0 Å². The third-order valence-electron chi connectivity index (χ3n) is 2.88. The van der Waals surface area contributed by atoms with E-state index in [-0.39, 0.29) is 6.03 Å². The second kappa shape index (κ2) is 7.08. The van der Waals surface area contributed by atoms with Crippen LogP contribution in [0.3, 0.4) is 0 Å². The topological polar surface area (TPSA) is 54.5 Å². The van der Waals surface area contributed by atoms with Gasteiger partial charge in [0.1, 0.15) is 0 Å². The van der Waals surface area contributed by atoms with E-state index in [1.165, 1.54) is 0 Å². The largest absolute Gasteiger partial charge is 0.481 e. The number of hydrogen-bond acceptors (Lipinski definition) is 3. The summed E-state index contributed by atoms with van der Waals surface area (Å²) in [6.45, 7) is 0.530. The van der Waals surface area contributed by atoms with Gasteiger partial charge in [0.15, 0.2) is 0 Å². The molecule has 1 N–H and O–H groups in total. The average Bonchev–Trinajstić information content (AvgIpc) is 2.50. The number of benzene rings is 1. The number of amides is 2. The van der Waals surface area contributed by atoms with E-state index >= 15 is 0 Å². The van der Waals surface area contributed by atoms with E-state index in [4.69, 9.17) is 4.74 Å². The SMILES string of the molecule is COc1ccc(NC(=O)N(C)Cc2ccc(Br)cc2)cn1. The highest BCUT2D eigenvalue weighted by molar-refractivity contribution is 9.10. The van der Waals surface area contributed by atoms with Gasteiger partial charge in [-0.3, -0.25) is 0 Å². The van der Waals surface area contributed by atoms with E-state index in [2.05, 4.69) is 26.2 Å². The Balaban J connectivity index is 1.93. The fraction of sp³-hybridized carbons (Fsp3) is 0.200. The average molecular weight is 350 g/mol. The van der Waals surface area contributed by atoms with Crippen LogP contribution in [0.2, 0.25) is 0 Å². The number of carbonyl (C=O) groups is 1. The Hall–Kier alpha value is -2.08. The zero-order chi connectivity index (χ0) is 15.2. The summed E-state index contributed by atoms with van der Waals surface area (Å²) in [7, 11) is 3.29. The van der Waals surface area contributed by atoms with Crippen molar-refractivity contribution < 1.29 is 9.53 Å². The van der Waals surface area contributed by atoms with Crippen molar-refractivity contribution in [2.75, 3.05) is 19.5 Å². The summed E-state index contributed by atoms with van der Waals surface area (Å²) in [6, 6.07) is 11.1. The first-order valence-electron chi connectivity index (χ1n) is 6.35. The molecule has 0 aliphatic carbocycles. The number of rotatable bonds is 4. The van der Waals surface area contributed by atoms with Crippen molar-refractivity contribution in [2.24, 2.45) is 0 Å². The molecule has 2 rings (SSSR count). The highest BCUT2D eigenvalue weighted by atomic mass is 79.9. The number of nitrogens with zero attached hydrogens (tertiary/aromatic N) is 2. The molecule has 0 saturated carbocycles. The number of hydrogen-bond donors (Lipinski definition) is 1. The maximum absolute atomic E-state index is 12.1. The van der Waals surface area contributed by atoms with Crippen molar-refractivity contribution in [3.8, 4) is 5.88 Å². The minimum Gasteiger partial charge on any atom is -0.481 e. The monoisotopic (exact) mass is 349 g/mol. The zero-order valence-corrected chi connectivity index (χ0v) is 13.4. The molecule has 2 amide bonds. The third-order valence-corrected chi connectivity index (χ3v) is 3.41. The van der Waals surface area contributed by atoms with E-state index in [1.54, 1.807) is 37.4 Å². The number of ether oxygens (including phenoxy) is 1. The van der Waals surface area contributed by atoms with Crippen molar-refractivity contribution in [3.05, 3.63) is 52.6 Å². The molecule has 0 saturated heterocycles. The standard InChI is InChI=1S/C15H16BrN3O2/c1-19(10-11-3-5-12(16)6-4-11)15(20)18-13-7-8-14(21-2)17-9-13/h3-9H,10H2,1-2H3,(H,18,20). The van der Waals surface area contributed by atoms with Crippen LogP contribution in [0.4, 0.5) is 10.5 Å². The number of nitrogens with one attached hydrogen (secondary N) is 1. The highest BCUT2D eigenvalue weighted by Crippen LogP contribution is 2.14. The Labute approximate surface area is 132 Å². The van der Waals surface area contributed by atoms with Crippen molar-refractivity contribution in [2.45, 2.75) is 6.54 Å². The highest BCUT2D eigenvalue weighted by Gasteiger charge is 2.09. The normalized spacial score (nSPS) is 10.0. The fourth-order valence-corrected chi connectivity index (χ4v) is 1.99. The van der Waals surface area contributed by atoms with Gasteiger partial charge >= 0.3 is 6.03 Å². The molecule has 0 bridgehead atoms. The van der Waals surface area contributed by atoms with Crippen LogP contribution in [-0.2, 0) is 6.54 Å². The molecule has 0 aliphatic rings. The molecule has 6 heteroatoms. The molecule has 0 aliphatic heterocycles. The van der Waals surface area contributed by atoms with Gasteiger partial charge in [0, 0.05) is 24.1 Å². The maximum atomic E-state index is 12.1. The van der Waals surface area contributed by atoms with E-state index in [0.717, 1.165) is 10.0 Å². The van der Waals surface area contributed by atoms with Crippen molar-refractivity contribution in [1.29, 1.82) is 0 Å². The lowest BCUT2D eigenvalue weighted by Gasteiger charge is -2.18. The van der Waals surface area contributed by atoms with Crippen molar-refractivity contribution in [1.82, 2.24) is 9.88 Å². The summed E-state index contributed by atoms with van der Waals surface area (Å²) in [5, 5.41) is 2.78. The molecule has 0 atom stereocenters. The van der Waals surface area contributed by atoms with E-state index in [1.807, 2.05) is 24.3 Å². The van der Waals surface area contributed by atoms with Gasteiger partial charge in [0.2, 0.25) is 5.88 Å². The molecule has 110 valence electrons. The van der Waals surface area contributed by atoms with Crippen LogP contribution < -0.4 is 10.1 Å². The maximum Gasteiger partial charge on any atom is 0.321 e. The number of urea groups is 1. The van der Waals surface area contributed by atoms with Crippen LogP contribution in [0, 0.1) is 0 Å². The van der Waals surface area contributed by atoms with Crippen LogP contribution in [0.1, 0.15) is 5.56 Å². The molecule has 1 aromatic heterocycles. The summed E-state index contributed by atoms with van der Waals surface area (Å²) >= 11 is 3.39. The number of methoxy groups -OCH3 is 1. The van der Waals surface area contributed by atoms with Crippen LogP contribution >= 0.6 is 15.9 Å². The van der Waals surface area contributed by atoms with Gasteiger partial charge < -0.3 is 15.0 Å². The number of aromatic nitrogens is 1. The summed E-state index contributed by atoms with van der Waals surface area (Å²) in [4.78, 5) is 17.7. The summed E-state index contributed by atoms with van der Waals surface area (Å²) in [5.74, 6) is 0.510. The molecule has 0 fully saturated rings. The number of halogens is 1. The molecule has 0 radical (unpaired) electrons. The lowest BCUT2D eigenvalue weighted by Crippen LogP contribution is -2.30. The molecular formula is C15H16BrN3O2. The molecule has 21 heavy (non-hydrogen) atoms. The molecule has 0 unspecified atom stereocenters. The molecule has 2 aromatic rings. The van der Waals surface area contributed by atoms with Crippen LogP contribution in [0.5, 0.6) is 5.88 Å². The number of anilines is 1. The second-order valence-electron chi connectivity index (χ2n) is 4.50. The molecule has 0 spiro atoms. The van der Waals surface area contributed by atoms with E-state index < -0.39 is 0 Å². The number of pyridine rings is 1. The Morgan fingerprint density at radius 2 is 2.00 bits per heavy atom. The van der Waals surface area contributed by atoms with Crippen molar-refractivity contribution >= 4 is 27.6 Å². The molecule has 1 aromatic carbocycles. The summed E-state index contributed by atoms with van der Waals surface area (Å²) in [5.41, 5.74) is 1.69. The van der Waals surface area contributed by atoms with Gasteiger partial charge in [0.05, 0.1) is 19.0 Å². The van der Waals surface area contributed by atoms with Gasteiger partial charge in [-0.1, -0.05) is 28.1 Å². The van der Waals surface area contributed by atoms with Gasteiger partial charge in [0.25, 0.3) is 0 Å².